The van der Waals surface area contributed by atoms with Gasteiger partial charge < -0.3 is 4.79 Å². The summed E-state index contributed by atoms with van der Waals surface area (Å²) in [7, 11) is 0. The predicted molar refractivity (Wildman–Crippen MR) is 81.2 cm³/mol. The monoisotopic (exact) mass is 264 g/mol. The molecule has 0 aliphatic heterocycles. The molecule has 0 aromatic carbocycles. The van der Waals surface area contributed by atoms with Gasteiger partial charge in [-0.2, -0.15) is 0 Å². The van der Waals surface area contributed by atoms with Gasteiger partial charge in [0.05, 0.1) is 0 Å². The highest BCUT2D eigenvalue weighted by atomic mass is 16.1. The van der Waals surface area contributed by atoms with E-state index in [1.165, 1.54) is 70.5 Å². The van der Waals surface area contributed by atoms with Crippen molar-refractivity contribution in [2.24, 2.45) is 17.3 Å². The smallest absolute Gasteiger partial charge is 0.126 e. The molecule has 2 fully saturated rings. The summed E-state index contributed by atoms with van der Waals surface area (Å²) < 4.78 is 0. The van der Waals surface area contributed by atoms with Gasteiger partial charge in [-0.15, -0.1) is 0 Å². The normalized spacial score (nSPS) is 25.9. The van der Waals surface area contributed by atoms with Crippen LogP contribution in [0.2, 0.25) is 0 Å². The standard InChI is InChI=1S/C18H32O/c1-16(17-10-4-2-5-11-17)9-8-14-18(15-19)12-6-3-7-13-18/h15-17H,2-14H2,1H3. The molecule has 0 bridgehead atoms. The minimum atomic E-state index is 0.0739. The van der Waals surface area contributed by atoms with Crippen molar-refractivity contribution in [1.29, 1.82) is 0 Å². The minimum absolute atomic E-state index is 0.0739. The van der Waals surface area contributed by atoms with E-state index in [1.54, 1.807) is 0 Å². The van der Waals surface area contributed by atoms with Crippen LogP contribution in [-0.2, 0) is 4.79 Å². The number of aldehydes is 1. The van der Waals surface area contributed by atoms with Crippen LogP contribution in [0.4, 0.5) is 0 Å². The molecule has 1 unspecified atom stereocenters. The van der Waals surface area contributed by atoms with E-state index in [2.05, 4.69) is 6.92 Å². The van der Waals surface area contributed by atoms with Crippen molar-refractivity contribution in [3.05, 3.63) is 0 Å². The first-order valence-corrected chi connectivity index (χ1v) is 8.72. The summed E-state index contributed by atoms with van der Waals surface area (Å²) in [5.74, 6) is 1.86. The highest BCUT2D eigenvalue weighted by Gasteiger charge is 2.31. The van der Waals surface area contributed by atoms with Gasteiger partial charge in [0.1, 0.15) is 6.29 Å². The zero-order chi connectivity index (χ0) is 13.6. The quantitative estimate of drug-likeness (QED) is 0.577. The van der Waals surface area contributed by atoms with Crippen LogP contribution < -0.4 is 0 Å². The van der Waals surface area contributed by atoms with Crippen LogP contribution in [-0.4, -0.2) is 6.29 Å². The summed E-state index contributed by atoms with van der Waals surface area (Å²) in [4.78, 5) is 11.5. The molecule has 0 N–H and O–H groups in total. The topological polar surface area (TPSA) is 17.1 Å². The fraction of sp³-hybridized carbons (Fsp3) is 0.944. The molecule has 2 rings (SSSR count). The van der Waals surface area contributed by atoms with Crippen molar-refractivity contribution in [2.75, 3.05) is 0 Å². The lowest BCUT2D eigenvalue weighted by atomic mass is 9.71. The van der Waals surface area contributed by atoms with Crippen LogP contribution in [0, 0.1) is 17.3 Å². The second kappa shape index (κ2) is 7.45. The number of carbonyl (C=O) groups is 1. The molecule has 0 spiro atoms. The molecule has 0 radical (unpaired) electrons. The van der Waals surface area contributed by atoms with Crippen LogP contribution in [0.1, 0.15) is 90.4 Å². The molecule has 1 heteroatoms. The van der Waals surface area contributed by atoms with E-state index in [9.17, 15) is 4.79 Å². The number of hydrogen-bond donors (Lipinski definition) is 0. The van der Waals surface area contributed by atoms with Gasteiger partial charge in [0.2, 0.25) is 0 Å². The van der Waals surface area contributed by atoms with E-state index < -0.39 is 0 Å². The maximum atomic E-state index is 11.5. The molecule has 0 amide bonds. The molecular formula is C18H32O. The van der Waals surface area contributed by atoms with Crippen molar-refractivity contribution >= 4 is 6.29 Å². The van der Waals surface area contributed by atoms with Crippen LogP contribution in [0.5, 0.6) is 0 Å². The summed E-state index contributed by atoms with van der Waals surface area (Å²) in [6.45, 7) is 2.45. The van der Waals surface area contributed by atoms with Crippen molar-refractivity contribution in [3.8, 4) is 0 Å². The van der Waals surface area contributed by atoms with Crippen LogP contribution in [0.25, 0.3) is 0 Å². The lowest BCUT2D eigenvalue weighted by molar-refractivity contribution is -0.118. The van der Waals surface area contributed by atoms with Crippen molar-refractivity contribution < 1.29 is 4.79 Å². The van der Waals surface area contributed by atoms with Crippen LogP contribution in [0.15, 0.2) is 0 Å². The van der Waals surface area contributed by atoms with E-state index in [0.29, 0.717) is 0 Å². The van der Waals surface area contributed by atoms with Crippen molar-refractivity contribution in [3.63, 3.8) is 0 Å². The Hall–Kier alpha value is -0.330. The first kappa shape index (κ1) is 15.1. The van der Waals surface area contributed by atoms with Gasteiger partial charge in [-0.25, -0.2) is 0 Å². The fourth-order valence-corrected chi connectivity index (χ4v) is 4.40. The zero-order valence-electron chi connectivity index (χ0n) is 12.8. The van der Waals surface area contributed by atoms with E-state index in [1.807, 2.05) is 0 Å². The van der Waals surface area contributed by atoms with Crippen LogP contribution in [0.3, 0.4) is 0 Å². The Bertz CT molecular complexity index is 259. The third-order valence-corrected chi connectivity index (χ3v) is 5.89. The first-order chi connectivity index (χ1) is 9.26. The molecule has 1 nitrogen and oxygen atoms in total. The van der Waals surface area contributed by atoms with Crippen molar-refractivity contribution in [2.45, 2.75) is 90.4 Å². The van der Waals surface area contributed by atoms with Gasteiger partial charge in [-0.3, -0.25) is 0 Å². The lowest BCUT2D eigenvalue weighted by Crippen LogP contribution is -2.26. The van der Waals surface area contributed by atoms with E-state index >= 15 is 0 Å². The van der Waals surface area contributed by atoms with E-state index in [0.717, 1.165) is 31.1 Å². The summed E-state index contributed by atoms with van der Waals surface area (Å²) in [6.07, 6.45) is 18.6. The molecule has 2 saturated carbocycles. The number of hydrogen-bond acceptors (Lipinski definition) is 1. The highest BCUT2D eigenvalue weighted by Crippen LogP contribution is 2.40. The third-order valence-electron chi connectivity index (χ3n) is 5.89. The summed E-state index contributed by atoms with van der Waals surface area (Å²) in [6, 6.07) is 0. The zero-order valence-corrected chi connectivity index (χ0v) is 12.8. The lowest BCUT2D eigenvalue weighted by Gasteiger charge is -2.33. The first-order valence-electron chi connectivity index (χ1n) is 8.72. The fourth-order valence-electron chi connectivity index (χ4n) is 4.40. The highest BCUT2D eigenvalue weighted by molar-refractivity contribution is 5.59. The van der Waals surface area contributed by atoms with Gasteiger partial charge in [0, 0.05) is 5.41 Å². The Morgan fingerprint density at radius 2 is 1.68 bits per heavy atom. The Labute approximate surface area is 119 Å². The second-order valence-corrected chi connectivity index (χ2v) is 7.31. The number of carbonyl (C=O) groups excluding carboxylic acids is 1. The van der Waals surface area contributed by atoms with Gasteiger partial charge >= 0.3 is 0 Å². The maximum absolute atomic E-state index is 11.5. The van der Waals surface area contributed by atoms with E-state index in [-0.39, 0.29) is 5.41 Å². The average Bonchev–Trinajstić information content (AvgIpc) is 2.49. The molecule has 0 saturated heterocycles. The van der Waals surface area contributed by atoms with E-state index in [4.69, 9.17) is 0 Å². The summed E-state index contributed by atoms with van der Waals surface area (Å²) in [5, 5.41) is 0. The Kier molecular flexibility index (Phi) is 5.91. The minimum Gasteiger partial charge on any atom is -0.303 e. The van der Waals surface area contributed by atoms with Gasteiger partial charge in [0.15, 0.2) is 0 Å². The Morgan fingerprint density at radius 3 is 2.32 bits per heavy atom. The largest absolute Gasteiger partial charge is 0.303 e. The molecular weight excluding hydrogens is 232 g/mol. The predicted octanol–water partition coefficient (Wildman–Crippen LogP) is 5.52. The summed E-state index contributed by atoms with van der Waals surface area (Å²) in [5.41, 5.74) is 0.0739. The number of rotatable bonds is 6. The molecule has 1 atom stereocenters. The SMILES string of the molecule is CC(CCCC1(C=O)CCCCC1)C1CCCCC1. The molecule has 0 heterocycles. The second-order valence-electron chi connectivity index (χ2n) is 7.31. The Balaban J connectivity index is 1.70. The van der Waals surface area contributed by atoms with Gasteiger partial charge in [-0.1, -0.05) is 71.1 Å². The average molecular weight is 264 g/mol. The van der Waals surface area contributed by atoms with Gasteiger partial charge in [0.25, 0.3) is 0 Å². The molecule has 0 aromatic heterocycles. The molecule has 0 aromatic rings. The van der Waals surface area contributed by atoms with Crippen LogP contribution >= 0.6 is 0 Å². The maximum Gasteiger partial charge on any atom is 0.126 e. The molecule has 19 heavy (non-hydrogen) atoms. The van der Waals surface area contributed by atoms with Gasteiger partial charge in [-0.05, 0) is 31.1 Å². The summed E-state index contributed by atoms with van der Waals surface area (Å²) >= 11 is 0. The van der Waals surface area contributed by atoms with Crippen molar-refractivity contribution in [1.82, 2.24) is 0 Å². The molecule has 2 aliphatic carbocycles. The Morgan fingerprint density at radius 1 is 1.05 bits per heavy atom. The molecule has 110 valence electrons. The molecule has 2 aliphatic rings. The third kappa shape index (κ3) is 4.33.